The molecule has 0 amide bonds. The van der Waals surface area contributed by atoms with Gasteiger partial charge in [0.2, 0.25) is 0 Å². The summed E-state index contributed by atoms with van der Waals surface area (Å²) in [5, 5.41) is 0. The van der Waals surface area contributed by atoms with Gasteiger partial charge in [-0.3, -0.25) is 4.57 Å². The van der Waals surface area contributed by atoms with Crippen LogP contribution in [0.4, 0.5) is 0 Å². The summed E-state index contributed by atoms with van der Waals surface area (Å²) in [5.41, 5.74) is 0. The number of hydrogen-bond acceptors (Lipinski definition) is 2. The molecule has 1 unspecified atom stereocenters. The number of hydrogen-bond donors (Lipinski definition) is 0. The summed E-state index contributed by atoms with van der Waals surface area (Å²) in [7, 11) is -0.966. The van der Waals surface area contributed by atoms with E-state index in [1.54, 1.807) is 0 Å². The predicted molar refractivity (Wildman–Crippen MR) is 35.2 cm³/mol. The van der Waals surface area contributed by atoms with Gasteiger partial charge in [-0.15, -0.1) is 0 Å². The van der Waals surface area contributed by atoms with Gasteiger partial charge < -0.3 is 4.52 Å². The van der Waals surface area contributed by atoms with Gasteiger partial charge in [-0.2, -0.15) is 0 Å². The molecule has 0 fully saturated rings. The van der Waals surface area contributed by atoms with E-state index in [2.05, 4.69) is 4.52 Å². The molecule has 1 atom stereocenters. The van der Waals surface area contributed by atoms with E-state index in [1.807, 2.05) is 6.92 Å². The Balaban J connectivity index is 0. The monoisotopic (exact) mass is 150 g/mol. The molecular weight excluding hydrogens is 139 g/mol. The van der Waals surface area contributed by atoms with E-state index in [4.69, 9.17) is 0 Å². The van der Waals surface area contributed by atoms with E-state index >= 15 is 0 Å². The van der Waals surface area contributed by atoms with Gasteiger partial charge in [0.25, 0.3) is 0 Å². The standard InChI is InChI=1S/C3H9O2P.Ca.2H/c1-2-3-5-6-4;;;/h2-3,6H2,1H3;;;. The molecule has 0 aromatic carbocycles. The van der Waals surface area contributed by atoms with E-state index < -0.39 is 8.69 Å². The van der Waals surface area contributed by atoms with Crippen LogP contribution in [-0.2, 0) is 9.09 Å². The second-order valence-corrected chi connectivity index (χ2v) is 1.49. The Morgan fingerprint density at radius 3 is 2.43 bits per heavy atom. The summed E-state index contributed by atoms with van der Waals surface area (Å²) in [4.78, 5) is 0. The van der Waals surface area contributed by atoms with Gasteiger partial charge in [0.15, 0.2) is 8.69 Å². The summed E-state index contributed by atoms with van der Waals surface area (Å²) >= 11 is 0. The Morgan fingerprint density at radius 2 is 2.29 bits per heavy atom. The zero-order valence-corrected chi connectivity index (χ0v) is 4.96. The molecule has 0 aromatic heterocycles. The molecule has 42 valence electrons. The van der Waals surface area contributed by atoms with Gasteiger partial charge in [-0.05, 0) is 6.42 Å². The number of rotatable bonds is 3. The maximum absolute atomic E-state index is 9.55. The van der Waals surface area contributed by atoms with E-state index in [-0.39, 0.29) is 37.7 Å². The molecular formula is C3H11CaO2P. The van der Waals surface area contributed by atoms with Crippen LogP contribution in [0, 0.1) is 0 Å². The van der Waals surface area contributed by atoms with E-state index in [1.165, 1.54) is 0 Å². The fourth-order valence-corrected chi connectivity index (χ4v) is 0.498. The Labute approximate surface area is 74.9 Å². The minimum absolute atomic E-state index is 0. The molecule has 0 radical (unpaired) electrons. The maximum atomic E-state index is 9.55. The summed E-state index contributed by atoms with van der Waals surface area (Å²) in [6.45, 7) is 2.62. The van der Waals surface area contributed by atoms with Crippen LogP contribution in [0.15, 0.2) is 0 Å². The second-order valence-electron chi connectivity index (χ2n) is 0.967. The summed E-state index contributed by atoms with van der Waals surface area (Å²) in [6, 6.07) is 0. The van der Waals surface area contributed by atoms with Crippen LogP contribution in [0.3, 0.4) is 0 Å². The molecule has 0 aliphatic rings. The quantitative estimate of drug-likeness (QED) is 0.325. The van der Waals surface area contributed by atoms with Gasteiger partial charge in [0.1, 0.15) is 0 Å². The fraction of sp³-hybridized carbons (Fsp3) is 1.00. The molecule has 0 aliphatic carbocycles. The predicted octanol–water partition coefficient (Wildman–Crippen LogP) is 0.168. The normalized spacial score (nSPS) is 9.29. The van der Waals surface area contributed by atoms with Crippen molar-refractivity contribution in [2.24, 2.45) is 0 Å². The van der Waals surface area contributed by atoms with Crippen LogP contribution in [-0.4, -0.2) is 44.3 Å². The second kappa shape index (κ2) is 10.4. The van der Waals surface area contributed by atoms with Crippen LogP contribution in [0.2, 0.25) is 0 Å². The van der Waals surface area contributed by atoms with Crippen molar-refractivity contribution in [3.8, 4) is 0 Å². The molecule has 4 heteroatoms. The van der Waals surface area contributed by atoms with Crippen LogP contribution < -0.4 is 0 Å². The van der Waals surface area contributed by atoms with Crippen molar-refractivity contribution in [2.75, 3.05) is 6.61 Å². The molecule has 0 aromatic rings. The average Bonchev–Trinajstić information content (AvgIpc) is 1.61. The first-order chi connectivity index (χ1) is 2.91. The Morgan fingerprint density at radius 1 is 1.71 bits per heavy atom. The Hall–Kier alpha value is 1.45. The molecule has 0 spiro atoms. The SMILES string of the molecule is CCCO[PH2]=O.[CaH2]. The van der Waals surface area contributed by atoms with E-state index in [0.717, 1.165) is 6.42 Å². The first kappa shape index (κ1) is 11.3. The van der Waals surface area contributed by atoms with E-state index in [9.17, 15) is 4.57 Å². The third kappa shape index (κ3) is 11.2. The average molecular weight is 150 g/mol. The first-order valence-electron chi connectivity index (χ1n) is 1.97. The zero-order valence-electron chi connectivity index (χ0n) is 3.81. The van der Waals surface area contributed by atoms with Crippen molar-refractivity contribution in [3.63, 3.8) is 0 Å². The van der Waals surface area contributed by atoms with Gasteiger partial charge in [-0.25, -0.2) is 0 Å². The first-order valence-corrected chi connectivity index (χ1v) is 2.91. The van der Waals surface area contributed by atoms with Crippen molar-refractivity contribution in [1.29, 1.82) is 0 Å². The molecule has 0 aliphatic heterocycles. The molecule has 0 bridgehead atoms. The molecule has 0 rings (SSSR count). The third-order valence-electron chi connectivity index (χ3n) is 0.390. The summed E-state index contributed by atoms with van der Waals surface area (Å²) < 4.78 is 14.1. The molecule has 0 heterocycles. The molecule has 2 nitrogen and oxygen atoms in total. The topological polar surface area (TPSA) is 26.3 Å². The van der Waals surface area contributed by atoms with Gasteiger partial charge in [0.05, 0.1) is 6.61 Å². The van der Waals surface area contributed by atoms with Crippen molar-refractivity contribution >= 4 is 46.4 Å². The summed E-state index contributed by atoms with van der Waals surface area (Å²) in [5.74, 6) is 0. The van der Waals surface area contributed by atoms with Gasteiger partial charge in [0, 0.05) is 0 Å². The fourth-order valence-electron chi connectivity index (χ4n) is 0.166. The van der Waals surface area contributed by atoms with Crippen molar-refractivity contribution in [2.45, 2.75) is 13.3 Å². The minimum atomic E-state index is -0.966. The van der Waals surface area contributed by atoms with Crippen LogP contribution in [0.5, 0.6) is 0 Å². The van der Waals surface area contributed by atoms with Gasteiger partial charge in [-0.1, -0.05) is 6.92 Å². The summed E-state index contributed by atoms with van der Waals surface area (Å²) in [6.07, 6.45) is 0.954. The molecule has 0 saturated carbocycles. The Kier molecular flexibility index (Phi) is 16.8. The third-order valence-corrected chi connectivity index (χ3v) is 0.762. The molecule has 7 heavy (non-hydrogen) atoms. The van der Waals surface area contributed by atoms with Gasteiger partial charge >= 0.3 is 37.7 Å². The van der Waals surface area contributed by atoms with Crippen LogP contribution in [0.1, 0.15) is 13.3 Å². The van der Waals surface area contributed by atoms with Crippen molar-refractivity contribution < 1.29 is 9.09 Å². The van der Waals surface area contributed by atoms with Crippen LogP contribution >= 0.6 is 8.69 Å². The molecule has 0 saturated heterocycles. The molecule has 0 N–H and O–H groups in total. The van der Waals surface area contributed by atoms with Crippen molar-refractivity contribution in [1.82, 2.24) is 0 Å². The van der Waals surface area contributed by atoms with Crippen LogP contribution in [0.25, 0.3) is 0 Å². The van der Waals surface area contributed by atoms with Crippen molar-refractivity contribution in [3.05, 3.63) is 0 Å². The van der Waals surface area contributed by atoms with E-state index in [0.29, 0.717) is 6.61 Å². The Bertz CT molecular complexity index is 41.9. The zero-order chi connectivity index (χ0) is 4.83.